The first kappa shape index (κ1) is 14.8. The molecule has 0 aliphatic rings. The number of aliphatic hydroxyl groups is 1. The fourth-order valence-corrected chi connectivity index (χ4v) is 2.22. The number of H-pyrrole nitrogens is 1. The van der Waals surface area contributed by atoms with Crippen LogP contribution in [0.25, 0.3) is 11.0 Å². The van der Waals surface area contributed by atoms with Crippen LogP contribution in [0.5, 0.6) is 0 Å². The van der Waals surface area contributed by atoms with Crippen LogP contribution < -0.4 is 16.4 Å². The lowest BCUT2D eigenvalue weighted by molar-refractivity contribution is 0.311. The number of rotatable bonds is 6. The number of fused-ring (bicyclic) bond motifs is 1. The Kier molecular flexibility index (Phi) is 4.07. The number of nitrogen functional groups attached to an aromatic ring is 1. The highest BCUT2D eigenvalue weighted by Crippen LogP contribution is 2.24. The number of aromatic amines is 1. The van der Waals surface area contributed by atoms with Crippen LogP contribution in [0.4, 0.5) is 23.1 Å². The summed E-state index contributed by atoms with van der Waals surface area (Å²) in [5, 5.41) is 23.2. The second-order valence-corrected chi connectivity index (χ2v) is 4.90. The molecule has 0 saturated carbocycles. The predicted octanol–water partition coefficient (Wildman–Crippen LogP) is 1.69. The van der Waals surface area contributed by atoms with E-state index >= 15 is 0 Å². The zero-order chi connectivity index (χ0) is 16.2. The van der Waals surface area contributed by atoms with Crippen molar-refractivity contribution in [2.75, 3.05) is 29.5 Å². The zero-order valence-electron chi connectivity index (χ0n) is 12.3. The molecule has 0 radical (unpaired) electrons. The second kappa shape index (κ2) is 6.32. The number of nitrogens with zero attached hydrogens (tertiary/aromatic N) is 2. The van der Waals surface area contributed by atoms with Crippen molar-refractivity contribution in [3.8, 4) is 0 Å². The smallest absolute Gasteiger partial charge is 0.231 e. The quantitative estimate of drug-likeness (QED) is 0.303. The molecule has 0 aliphatic heterocycles. The average Bonchev–Trinajstić information content (AvgIpc) is 3.01. The summed E-state index contributed by atoms with van der Waals surface area (Å²) in [4.78, 5) is 11.9. The molecular weight excluding hydrogens is 294 g/mol. The van der Waals surface area contributed by atoms with Gasteiger partial charge in [0.15, 0.2) is 0 Å². The van der Waals surface area contributed by atoms with Gasteiger partial charge in [0.25, 0.3) is 0 Å². The molecule has 0 spiro atoms. The van der Waals surface area contributed by atoms with E-state index in [1.807, 2.05) is 6.07 Å². The maximum absolute atomic E-state index is 8.97. The van der Waals surface area contributed by atoms with E-state index in [0.29, 0.717) is 35.2 Å². The number of benzene rings is 1. The van der Waals surface area contributed by atoms with Crippen molar-refractivity contribution in [1.29, 1.82) is 5.41 Å². The summed E-state index contributed by atoms with van der Waals surface area (Å²) in [7, 11) is 0. The van der Waals surface area contributed by atoms with Crippen molar-refractivity contribution in [2.24, 2.45) is 0 Å². The number of anilines is 4. The normalized spacial score (nSPS) is 10.7. The molecule has 0 bridgehead atoms. The van der Waals surface area contributed by atoms with E-state index < -0.39 is 0 Å². The molecule has 0 aliphatic carbocycles. The van der Waals surface area contributed by atoms with Crippen LogP contribution >= 0.6 is 0 Å². The van der Waals surface area contributed by atoms with E-state index in [9.17, 15) is 0 Å². The summed E-state index contributed by atoms with van der Waals surface area (Å²) < 4.78 is 0. The van der Waals surface area contributed by atoms with E-state index in [-0.39, 0.29) is 6.61 Å². The van der Waals surface area contributed by atoms with E-state index in [2.05, 4.69) is 25.6 Å². The Balaban J connectivity index is 1.93. The Hall–Kier alpha value is -3.13. The Morgan fingerprint density at radius 3 is 2.91 bits per heavy atom. The lowest BCUT2D eigenvalue weighted by Crippen LogP contribution is -2.09. The number of hydrogen-bond acceptors (Lipinski definition) is 7. The van der Waals surface area contributed by atoms with Crippen LogP contribution in [0.15, 0.2) is 30.5 Å². The Morgan fingerprint density at radius 2 is 2.17 bits per heavy atom. The van der Waals surface area contributed by atoms with Gasteiger partial charge in [-0.3, -0.25) is 0 Å². The van der Waals surface area contributed by atoms with E-state index in [1.54, 1.807) is 24.4 Å². The lowest BCUT2D eigenvalue weighted by Gasteiger charge is -2.10. The molecule has 0 fully saturated rings. The first-order chi connectivity index (χ1) is 11.2. The van der Waals surface area contributed by atoms with Crippen LogP contribution in [0.2, 0.25) is 0 Å². The molecular formula is C15H17N7O. The predicted molar refractivity (Wildman–Crippen MR) is 91.5 cm³/mol. The van der Waals surface area contributed by atoms with Gasteiger partial charge in [0.2, 0.25) is 5.95 Å². The van der Waals surface area contributed by atoms with Gasteiger partial charge in [-0.2, -0.15) is 9.97 Å². The number of hydrogen-bond donors (Lipinski definition) is 6. The summed E-state index contributed by atoms with van der Waals surface area (Å²) in [6.07, 6.45) is 2.99. The van der Waals surface area contributed by atoms with Crippen molar-refractivity contribution in [3.05, 3.63) is 36.0 Å². The van der Waals surface area contributed by atoms with Crippen LogP contribution in [0.3, 0.4) is 0 Å². The van der Waals surface area contributed by atoms with Gasteiger partial charge in [0.1, 0.15) is 11.5 Å². The van der Waals surface area contributed by atoms with Crippen molar-refractivity contribution < 1.29 is 5.11 Å². The van der Waals surface area contributed by atoms with Gasteiger partial charge >= 0.3 is 0 Å². The maximum Gasteiger partial charge on any atom is 0.231 e. The number of aliphatic hydroxyl groups excluding tert-OH is 1. The molecule has 23 heavy (non-hydrogen) atoms. The Bertz CT molecular complexity index is 843. The van der Waals surface area contributed by atoms with Crippen molar-refractivity contribution in [1.82, 2.24) is 15.0 Å². The fourth-order valence-electron chi connectivity index (χ4n) is 2.22. The van der Waals surface area contributed by atoms with Gasteiger partial charge in [-0.05, 0) is 24.3 Å². The molecule has 1 aromatic carbocycles. The molecule has 2 aromatic heterocycles. The summed E-state index contributed by atoms with van der Waals surface area (Å²) in [6.45, 7) is 0.415. The highest BCUT2D eigenvalue weighted by Gasteiger charge is 2.09. The van der Waals surface area contributed by atoms with Crippen molar-refractivity contribution in [2.45, 2.75) is 0 Å². The standard InChI is InChI=1S/C15H17N7O/c16-8-9-1-2-10(7-12(9)17)20-15-21-13-11(3-4-18-13)14(22-15)19-5-6-23/h1-4,7-8,16,23H,5-6,17H2,(H3,18,19,20,21,22). The number of nitrogens with one attached hydrogen (secondary N) is 4. The first-order valence-corrected chi connectivity index (χ1v) is 7.08. The second-order valence-electron chi connectivity index (χ2n) is 4.90. The fraction of sp³-hybridized carbons (Fsp3) is 0.133. The Labute approximate surface area is 132 Å². The molecule has 3 aromatic rings. The van der Waals surface area contributed by atoms with Gasteiger partial charge in [-0.1, -0.05) is 0 Å². The molecule has 7 N–H and O–H groups in total. The van der Waals surface area contributed by atoms with E-state index in [4.69, 9.17) is 16.2 Å². The molecule has 118 valence electrons. The van der Waals surface area contributed by atoms with Gasteiger partial charge in [-0.25, -0.2) is 0 Å². The topological polar surface area (TPSA) is 136 Å². The van der Waals surface area contributed by atoms with Crippen molar-refractivity contribution >= 4 is 40.4 Å². The van der Waals surface area contributed by atoms with Crippen LogP contribution in [-0.2, 0) is 0 Å². The molecule has 0 saturated heterocycles. The largest absolute Gasteiger partial charge is 0.398 e. The first-order valence-electron chi connectivity index (χ1n) is 7.08. The highest BCUT2D eigenvalue weighted by atomic mass is 16.3. The molecule has 2 heterocycles. The minimum atomic E-state index is 0.0142. The summed E-state index contributed by atoms with van der Waals surface area (Å²) >= 11 is 0. The van der Waals surface area contributed by atoms with E-state index in [1.165, 1.54) is 6.21 Å². The minimum absolute atomic E-state index is 0.0142. The van der Waals surface area contributed by atoms with Crippen LogP contribution in [-0.4, -0.2) is 39.4 Å². The number of aromatic nitrogens is 3. The molecule has 3 rings (SSSR count). The zero-order valence-corrected chi connectivity index (χ0v) is 12.3. The van der Waals surface area contributed by atoms with E-state index in [0.717, 1.165) is 11.1 Å². The third kappa shape index (κ3) is 3.06. The van der Waals surface area contributed by atoms with Crippen LogP contribution in [0, 0.1) is 5.41 Å². The van der Waals surface area contributed by atoms with Crippen molar-refractivity contribution in [3.63, 3.8) is 0 Å². The summed E-state index contributed by atoms with van der Waals surface area (Å²) in [6, 6.07) is 7.15. The third-order valence-electron chi connectivity index (χ3n) is 3.32. The molecule has 8 nitrogen and oxygen atoms in total. The SMILES string of the molecule is N=Cc1ccc(Nc2nc(NCCO)c3cc[nH]c3n2)cc1N. The van der Waals surface area contributed by atoms with Gasteiger partial charge in [0, 0.05) is 35.9 Å². The molecule has 0 amide bonds. The summed E-state index contributed by atoms with van der Waals surface area (Å²) in [5.41, 5.74) is 8.45. The maximum atomic E-state index is 8.97. The Morgan fingerprint density at radius 1 is 1.30 bits per heavy atom. The molecule has 0 atom stereocenters. The number of nitrogens with two attached hydrogens (primary N) is 1. The lowest BCUT2D eigenvalue weighted by atomic mass is 10.2. The van der Waals surface area contributed by atoms with Gasteiger partial charge < -0.3 is 31.9 Å². The summed E-state index contributed by atoms with van der Waals surface area (Å²) in [5.74, 6) is 1.04. The minimum Gasteiger partial charge on any atom is -0.398 e. The molecule has 8 heteroatoms. The highest BCUT2D eigenvalue weighted by molar-refractivity contribution is 5.89. The average molecular weight is 311 g/mol. The van der Waals surface area contributed by atoms with Gasteiger partial charge in [-0.15, -0.1) is 0 Å². The molecule has 0 unspecified atom stereocenters. The van der Waals surface area contributed by atoms with Crippen LogP contribution in [0.1, 0.15) is 5.56 Å². The van der Waals surface area contributed by atoms with Gasteiger partial charge in [0.05, 0.1) is 12.0 Å². The monoisotopic (exact) mass is 311 g/mol. The third-order valence-corrected chi connectivity index (χ3v) is 3.32.